The van der Waals surface area contributed by atoms with Crippen LogP contribution < -0.4 is 5.32 Å². The summed E-state index contributed by atoms with van der Waals surface area (Å²) in [5.74, 6) is -0.266. The van der Waals surface area contributed by atoms with Gasteiger partial charge in [-0.3, -0.25) is 0 Å². The van der Waals surface area contributed by atoms with Gasteiger partial charge in [-0.2, -0.15) is 0 Å². The highest BCUT2D eigenvalue weighted by molar-refractivity contribution is 5.23. The van der Waals surface area contributed by atoms with Gasteiger partial charge in [-0.25, -0.2) is 4.39 Å². The molecule has 2 rings (SSSR count). The first-order valence-electron chi connectivity index (χ1n) is 5.86. The zero-order valence-electron chi connectivity index (χ0n) is 9.54. The summed E-state index contributed by atoms with van der Waals surface area (Å²) in [6.45, 7) is 2.48. The summed E-state index contributed by atoms with van der Waals surface area (Å²) in [4.78, 5) is 0. The second kappa shape index (κ2) is 4.52. The molecule has 2 N–H and O–H groups in total. The normalized spacial score (nSPS) is 19.4. The van der Waals surface area contributed by atoms with E-state index in [-0.39, 0.29) is 5.82 Å². The maximum Gasteiger partial charge on any atom is 0.123 e. The van der Waals surface area contributed by atoms with Crippen LogP contribution in [-0.2, 0) is 5.60 Å². The van der Waals surface area contributed by atoms with Gasteiger partial charge < -0.3 is 10.4 Å². The molecule has 16 heavy (non-hydrogen) atoms. The average molecular weight is 223 g/mol. The summed E-state index contributed by atoms with van der Waals surface area (Å²) in [5, 5.41) is 13.8. The predicted molar refractivity (Wildman–Crippen MR) is 61.6 cm³/mol. The molecule has 0 radical (unpaired) electrons. The number of aliphatic hydroxyl groups is 1. The molecule has 0 aliphatic heterocycles. The van der Waals surface area contributed by atoms with E-state index in [1.54, 1.807) is 12.1 Å². The lowest BCUT2D eigenvalue weighted by molar-refractivity contribution is 0.0322. The van der Waals surface area contributed by atoms with E-state index in [4.69, 9.17) is 0 Å². The van der Waals surface area contributed by atoms with Crippen molar-refractivity contribution in [2.24, 2.45) is 0 Å². The summed E-state index contributed by atoms with van der Waals surface area (Å²) >= 11 is 0. The van der Waals surface area contributed by atoms with E-state index in [0.29, 0.717) is 19.0 Å². The van der Waals surface area contributed by atoms with Gasteiger partial charge in [0, 0.05) is 12.6 Å². The molecule has 0 spiro atoms. The fourth-order valence-electron chi connectivity index (χ4n) is 1.79. The quantitative estimate of drug-likeness (QED) is 0.802. The zero-order valence-corrected chi connectivity index (χ0v) is 9.54. The first-order chi connectivity index (χ1) is 7.64. The summed E-state index contributed by atoms with van der Waals surface area (Å²) in [5.41, 5.74) is -0.0967. The molecule has 1 unspecified atom stereocenters. The predicted octanol–water partition coefficient (Wildman–Crippen LogP) is 2.18. The van der Waals surface area contributed by atoms with Crippen LogP contribution in [0.25, 0.3) is 0 Å². The second-order valence-corrected chi connectivity index (χ2v) is 4.55. The Balaban J connectivity index is 2.08. The van der Waals surface area contributed by atoms with Crippen LogP contribution in [0.1, 0.15) is 31.7 Å². The Kier molecular flexibility index (Phi) is 3.26. The molecule has 1 saturated carbocycles. The number of hydrogen-bond donors (Lipinski definition) is 2. The van der Waals surface area contributed by atoms with Gasteiger partial charge in [0.2, 0.25) is 0 Å². The highest BCUT2D eigenvalue weighted by Gasteiger charge is 2.30. The average Bonchev–Trinajstić information content (AvgIpc) is 3.11. The van der Waals surface area contributed by atoms with Gasteiger partial charge in [0.1, 0.15) is 11.4 Å². The van der Waals surface area contributed by atoms with Crippen LogP contribution in [0.3, 0.4) is 0 Å². The van der Waals surface area contributed by atoms with E-state index >= 15 is 0 Å². The van der Waals surface area contributed by atoms with E-state index in [0.717, 1.165) is 5.56 Å². The molecule has 0 bridgehead atoms. The van der Waals surface area contributed by atoms with Crippen LogP contribution >= 0.6 is 0 Å². The largest absolute Gasteiger partial charge is 0.384 e. The molecule has 1 fully saturated rings. The third-order valence-corrected chi connectivity index (χ3v) is 3.23. The molecule has 1 aromatic carbocycles. The van der Waals surface area contributed by atoms with Crippen molar-refractivity contribution in [3.63, 3.8) is 0 Å². The van der Waals surface area contributed by atoms with Gasteiger partial charge in [0.25, 0.3) is 0 Å². The molecular weight excluding hydrogens is 205 g/mol. The molecule has 1 atom stereocenters. The Labute approximate surface area is 95.5 Å². The Bertz CT molecular complexity index is 347. The Hall–Kier alpha value is -0.930. The lowest BCUT2D eigenvalue weighted by atomic mass is 9.91. The molecule has 1 aliphatic carbocycles. The van der Waals surface area contributed by atoms with E-state index in [1.807, 2.05) is 6.92 Å². The zero-order chi connectivity index (χ0) is 11.6. The molecule has 2 nitrogen and oxygen atoms in total. The monoisotopic (exact) mass is 223 g/mol. The van der Waals surface area contributed by atoms with Gasteiger partial charge in [-0.05, 0) is 37.0 Å². The maximum atomic E-state index is 12.8. The van der Waals surface area contributed by atoms with Crippen molar-refractivity contribution in [3.8, 4) is 0 Å². The lowest BCUT2D eigenvalue weighted by Crippen LogP contribution is -2.38. The third-order valence-electron chi connectivity index (χ3n) is 3.23. The van der Waals surface area contributed by atoms with Crippen molar-refractivity contribution >= 4 is 0 Å². The number of hydrogen-bond acceptors (Lipinski definition) is 2. The van der Waals surface area contributed by atoms with Crippen molar-refractivity contribution in [1.82, 2.24) is 5.32 Å². The molecule has 3 heteroatoms. The molecular formula is C13H18FNO. The lowest BCUT2D eigenvalue weighted by Gasteiger charge is -2.27. The minimum absolute atomic E-state index is 0.266. The molecule has 1 aliphatic rings. The van der Waals surface area contributed by atoms with E-state index < -0.39 is 5.60 Å². The van der Waals surface area contributed by atoms with Crippen LogP contribution in [0, 0.1) is 5.82 Å². The fourth-order valence-corrected chi connectivity index (χ4v) is 1.79. The van der Waals surface area contributed by atoms with Crippen LogP contribution in [-0.4, -0.2) is 17.7 Å². The summed E-state index contributed by atoms with van der Waals surface area (Å²) in [6, 6.07) is 6.68. The summed E-state index contributed by atoms with van der Waals surface area (Å²) in [7, 11) is 0. The molecule has 0 saturated heterocycles. The standard InChI is InChI=1S/C13H18FNO/c1-2-13(16,9-15-12-7-8-12)10-3-5-11(14)6-4-10/h3-6,12,15-16H,2,7-9H2,1H3. The van der Waals surface area contributed by atoms with Crippen molar-refractivity contribution in [2.45, 2.75) is 37.8 Å². The molecule has 0 aromatic heterocycles. The summed E-state index contributed by atoms with van der Waals surface area (Å²) < 4.78 is 12.8. The molecule has 1 aromatic rings. The SMILES string of the molecule is CCC(O)(CNC1CC1)c1ccc(F)cc1. The number of nitrogens with one attached hydrogen (secondary N) is 1. The molecule has 0 amide bonds. The molecule has 88 valence electrons. The number of halogens is 1. The van der Waals surface area contributed by atoms with E-state index in [2.05, 4.69) is 5.32 Å². The first-order valence-corrected chi connectivity index (χ1v) is 5.86. The van der Waals surface area contributed by atoms with Gasteiger partial charge in [0.05, 0.1) is 0 Å². The minimum atomic E-state index is -0.879. The van der Waals surface area contributed by atoms with Crippen molar-refractivity contribution < 1.29 is 9.50 Å². The van der Waals surface area contributed by atoms with Crippen LogP contribution in [0.5, 0.6) is 0 Å². The smallest absolute Gasteiger partial charge is 0.123 e. The number of benzene rings is 1. The summed E-state index contributed by atoms with van der Waals surface area (Å²) in [6.07, 6.45) is 3.02. The Morgan fingerprint density at radius 2 is 2.00 bits per heavy atom. The van der Waals surface area contributed by atoms with Crippen molar-refractivity contribution in [2.75, 3.05) is 6.54 Å². The van der Waals surface area contributed by atoms with E-state index in [1.165, 1.54) is 25.0 Å². The van der Waals surface area contributed by atoms with Crippen LogP contribution in [0.4, 0.5) is 4.39 Å². The fraction of sp³-hybridized carbons (Fsp3) is 0.538. The minimum Gasteiger partial charge on any atom is -0.384 e. The van der Waals surface area contributed by atoms with Gasteiger partial charge >= 0.3 is 0 Å². The topological polar surface area (TPSA) is 32.3 Å². The van der Waals surface area contributed by atoms with Gasteiger partial charge in [-0.15, -0.1) is 0 Å². The molecule has 0 heterocycles. The van der Waals surface area contributed by atoms with E-state index in [9.17, 15) is 9.50 Å². The van der Waals surface area contributed by atoms with Gasteiger partial charge in [0.15, 0.2) is 0 Å². The first kappa shape index (κ1) is 11.6. The van der Waals surface area contributed by atoms with Crippen molar-refractivity contribution in [1.29, 1.82) is 0 Å². The highest BCUT2D eigenvalue weighted by atomic mass is 19.1. The maximum absolute atomic E-state index is 12.8. The van der Waals surface area contributed by atoms with Crippen molar-refractivity contribution in [3.05, 3.63) is 35.6 Å². The Morgan fingerprint density at radius 1 is 1.38 bits per heavy atom. The van der Waals surface area contributed by atoms with Crippen LogP contribution in [0.15, 0.2) is 24.3 Å². The third kappa shape index (κ3) is 2.60. The van der Waals surface area contributed by atoms with Crippen LogP contribution in [0.2, 0.25) is 0 Å². The number of rotatable bonds is 5. The second-order valence-electron chi connectivity index (χ2n) is 4.55. The van der Waals surface area contributed by atoms with Gasteiger partial charge in [-0.1, -0.05) is 19.1 Å². The highest BCUT2D eigenvalue weighted by Crippen LogP contribution is 2.26. The Morgan fingerprint density at radius 3 is 2.50 bits per heavy atom.